The predicted octanol–water partition coefficient (Wildman–Crippen LogP) is -0.395. The normalized spacial score (nSPS) is 23.6. The molecular weight excluding hydrogens is 234 g/mol. The van der Waals surface area contributed by atoms with Crippen molar-refractivity contribution >= 4 is 16.4 Å². The summed E-state index contributed by atoms with van der Waals surface area (Å²) in [5, 5.41) is 0. The first-order valence-corrected chi connectivity index (χ1v) is 6.42. The summed E-state index contributed by atoms with van der Waals surface area (Å²) in [6.07, 6.45) is 3.08. The molecule has 1 heterocycles. The van der Waals surface area contributed by atoms with E-state index >= 15 is 0 Å². The summed E-state index contributed by atoms with van der Waals surface area (Å²) in [4.78, 5) is 5.95. The van der Waals surface area contributed by atoms with Crippen LogP contribution in [0.25, 0.3) is 0 Å². The van der Waals surface area contributed by atoms with Crippen LogP contribution in [0.2, 0.25) is 0 Å². The third-order valence-electron chi connectivity index (χ3n) is 2.59. The zero-order chi connectivity index (χ0) is 12.2. The smallest absolute Gasteiger partial charge is 0.353 e. The Morgan fingerprint density at radius 3 is 2.88 bits per heavy atom. The van der Waals surface area contributed by atoms with Crippen molar-refractivity contribution in [3.05, 3.63) is 0 Å². The number of hydrogen-bond acceptors (Lipinski definition) is 5. The van der Waals surface area contributed by atoms with Gasteiger partial charge in [0.1, 0.15) is 0 Å². The maximum absolute atomic E-state index is 10.3. The molecule has 1 rings (SSSR count). The van der Waals surface area contributed by atoms with Crippen LogP contribution in [-0.4, -0.2) is 50.1 Å². The Hall–Kier alpha value is -0.860. The Labute approximate surface area is 95.2 Å². The monoisotopic (exact) mass is 251 g/mol. The van der Waals surface area contributed by atoms with Crippen LogP contribution in [0, 0.1) is 0 Å². The molecule has 0 aromatic rings. The number of hydrogen-bond donors (Lipinski definition) is 2. The molecule has 7 nitrogen and oxygen atoms in total. The van der Waals surface area contributed by atoms with Gasteiger partial charge in [0, 0.05) is 12.6 Å². The van der Waals surface area contributed by atoms with E-state index in [0.717, 1.165) is 19.4 Å². The highest BCUT2D eigenvalue weighted by Gasteiger charge is 2.19. The largest absolute Gasteiger partial charge is 0.449 e. The van der Waals surface area contributed by atoms with Crippen molar-refractivity contribution < 1.29 is 17.2 Å². The molecule has 0 spiro atoms. The fourth-order valence-electron chi connectivity index (χ4n) is 1.80. The highest BCUT2D eigenvalue weighted by Crippen LogP contribution is 2.17. The molecule has 0 aromatic heterocycles. The summed E-state index contributed by atoms with van der Waals surface area (Å²) in [6, 6.07) is -0.0644. The minimum absolute atomic E-state index is 0.385. The van der Waals surface area contributed by atoms with Crippen molar-refractivity contribution in [1.29, 1.82) is 0 Å². The van der Waals surface area contributed by atoms with Crippen molar-refractivity contribution in [2.45, 2.75) is 25.3 Å². The van der Waals surface area contributed by atoms with E-state index in [4.69, 9.17) is 10.3 Å². The molecule has 8 heteroatoms. The summed E-state index contributed by atoms with van der Waals surface area (Å²) >= 11 is 0. The fraction of sp³-hybridized carbons (Fsp3) is 0.875. The maximum atomic E-state index is 10.3. The highest BCUT2D eigenvalue weighted by atomic mass is 32.3. The van der Waals surface area contributed by atoms with Crippen LogP contribution < -0.4 is 5.73 Å². The van der Waals surface area contributed by atoms with Crippen molar-refractivity contribution in [3.63, 3.8) is 0 Å². The van der Waals surface area contributed by atoms with E-state index < -0.39 is 16.4 Å². The van der Waals surface area contributed by atoms with Crippen molar-refractivity contribution in [3.8, 4) is 0 Å². The Balaban J connectivity index is 2.30. The van der Waals surface area contributed by atoms with Gasteiger partial charge in [0.05, 0.1) is 0 Å². The van der Waals surface area contributed by atoms with Crippen molar-refractivity contribution in [1.82, 2.24) is 4.90 Å². The van der Waals surface area contributed by atoms with Crippen LogP contribution in [0.1, 0.15) is 19.3 Å². The van der Waals surface area contributed by atoms with Gasteiger partial charge in [-0.1, -0.05) is 0 Å². The molecule has 1 aliphatic heterocycles. The van der Waals surface area contributed by atoms with E-state index in [1.165, 1.54) is 6.42 Å². The topological polar surface area (TPSA) is 105 Å². The summed E-state index contributed by atoms with van der Waals surface area (Å²) < 4.78 is 32.8. The lowest BCUT2D eigenvalue weighted by Crippen LogP contribution is -2.26. The third-order valence-corrected chi connectivity index (χ3v) is 2.97. The van der Waals surface area contributed by atoms with Gasteiger partial charge in [-0.05, 0) is 32.9 Å². The molecule has 0 aromatic carbocycles. The molecule has 1 unspecified atom stereocenters. The molecule has 94 valence electrons. The number of aliphatic imine (C=N–C) groups is 1. The molecule has 0 saturated carbocycles. The standard InChI is InChI=1S/C8H17N3O4S/c1-11-6-2-3-7(11)4-5-10-8(9)15-16(12,13)14/h7H,2-6H2,1H3,(H2,9,10)(H,12,13,14). The Kier molecular flexibility index (Phi) is 4.51. The van der Waals surface area contributed by atoms with Crippen molar-refractivity contribution in [2.75, 3.05) is 20.1 Å². The van der Waals surface area contributed by atoms with E-state index in [2.05, 4.69) is 14.1 Å². The number of nitrogens with zero attached hydrogens (tertiary/aromatic N) is 2. The predicted molar refractivity (Wildman–Crippen MR) is 59.4 cm³/mol. The second-order valence-corrected chi connectivity index (χ2v) is 4.82. The molecule has 16 heavy (non-hydrogen) atoms. The minimum Gasteiger partial charge on any atom is -0.353 e. The van der Waals surface area contributed by atoms with Gasteiger partial charge in [0.25, 0.3) is 0 Å². The van der Waals surface area contributed by atoms with Gasteiger partial charge in [-0.2, -0.15) is 8.42 Å². The van der Waals surface area contributed by atoms with Gasteiger partial charge in [-0.15, -0.1) is 0 Å². The van der Waals surface area contributed by atoms with Crippen LogP contribution in [0.3, 0.4) is 0 Å². The quantitative estimate of drug-likeness (QED) is 0.400. The summed E-state index contributed by atoms with van der Waals surface area (Å²) in [6.45, 7) is 1.46. The lowest BCUT2D eigenvalue weighted by Gasteiger charge is -2.17. The molecule has 0 amide bonds. The number of likely N-dealkylation sites (tertiary alicyclic amines) is 1. The van der Waals surface area contributed by atoms with E-state index in [0.29, 0.717) is 12.6 Å². The SMILES string of the molecule is CN1CCCC1CCN=C(N)OS(=O)(=O)O. The summed E-state index contributed by atoms with van der Waals surface area (Å²) in [5.74, 6) is 0. The Morgan fingerprint density at radius 2 is 2.38 bits per heavy atom. The van der Waals surface area contributed by atoms with Gasteiger partial charge in [0.2, 0.25) is 0 Å². The van der Waals surface area contributed by atoms with Crippen LogP contribution in [0.4, 0.5) is 0 Å². The highest BCUT2D eigenvalue weighted by molar-refractivity contribution is 7.81. The number of amidine groups is 1. The molecule has 0 aliphatic carbocycles. The zero-order valence-corrected chi connectivity index (χ0v) is 9.98. The maximum Gasteiger partial charge on any atom is 0.449 e. The van der Waals surface area contributed by atoms with Gasteiger partial charge in [0.15, 0.2) is 0 Å². The molecule has 0 radical (unpaired) electrons. The third kappa shape index (κ3) is 4.77. The van der Waals surface area contributed by atoms with E-state index in [9.17, 15) is 8.42 Å². The molecule has 1 fully saturated rings. The Morgan fingerprint density at radius 1 is 1.69 bits per heavy atom. The lowest BCUT2D eigenvalue weighted by atomic mass is 10.1. The minimum atomic E-state index is -4.55. The number of nitrogens with two attached hydrogens (primary N) is 1. The molecule has 0 bridgehead atoms. The van der Waals surface area contributed by atoms with Gasteiger partial charge in [-0.25, -0.2) is 4.99 Å². The van der Waals surface area contributed by atoms with E-state index in [-0.39, 0.29) is 0 Å². The summed E-state index contributed by atoms with van der Waals surface area (Å²) in [7, 11) is -2.51. The molecule has 1 saturated heterocycles. The number of rotatable bonds is 4. The molecule has 1 aliphatic rings. The van der Waals surface area contributed by atoms with E-state index in [1.54, 1.807) is 0 Å². The van der Waals surface area contributed by atoms with Crippen LogP contribution in [-0.2, 0) is 14.6 Å². The fourth-order valence-corrected chi connectivity index (χ4v) is 2.07. The first-order chi connectivity index (χ1) is 7.38. The zero-order valence-electron chi connectivity index (χ0n) is 9.16. The second kappa shape index (κ2) is 5.46. The van der Waals surface area contributed by atoms with Gasteiger partial charge in [-0.3, -0.25) is 4.55 Å². The first-order valence-electron chi connectivity index (χ1n) is 5.05. The van der Waals surface area contributed by atoms with E-state index in [1.807, 2.05) is 7.05 Å². The van der Waals surface area contributed by atoms with Crippen molar-refractivity contribution in [2.24, 2.45) is 10.7 Å². The Bertz CT molecular complexity index is 354. The first kappa shape index (κ1) is 13.2. The summed E-state index contributed by atoms with van der Waals surface area (Å²) in [5.41, 5.74) is 5.15. The van der Waals surface area contributed by atoms with Gasteiger partial charge < -0.3 is 14.8 Å². The van der Waals surface area contributed by atoms with Crippen LogP contribution in [0.5, 0.6) is 0 Å². The average molecular weight is 251 g/mol. The van der Waals surface area contributed by atoms with Gasteiger partial charge >= 0.3 is 16.4 Å². The molecule has 1 atom stereocenters. The second-order valence-electron chi connectivity index (χ2n) is 3.80. The average Bonchev–Trinajstić information content (AvgIpc) is 2.48. The van der Waals surface area contributed by atoms with Crippen LogP contribution >= 0.6 is 0 Å². The lowest BCUT2D eigenvalue weighted by molar-refractivity contribution is 0.299. The van der Waals surface area contributed by atoms with Crippen LogP contribution in [0.15, 0.2) is 4.99 Å². The molecular formula is C8H17N3O4S. The molecule has 3 N–H and O–H groups in total.